The van der Waals surface area contributed by atoms with Gasteiger partial charge in [0.05, 0.1) is 5.56 Å². The fraction of sp³-hybridized carbons (Fsp3) is 0. The van der Waals surface area contributed by atoms with Gasteiger partial charge in [-0.25, -0.2) is 5.10 Å². The van der Waals surface area contributed by atoms with E-state index in [2.05, 4.69) is 20.5 Å². The van der Waals surface area contributed by atoms with Gasteiger partial charge in [-0.1, -0.05) is 24.3 Å². The molecule has 0 fully saturated rings. The minimum Gasteiger partial charge on any atom is -0.507 e. The van der Waals surface area contributed by atoms with Gasteiger partial charge in [0.2, 0.25) is 5.95 Å². The molecule has 1 amide bonds. The second kappa shape index (κ2) is 4.41. The highest BCUT2D eigenvalue weighted by atomic mass is 16.3. The Morgan fingerprint density at radius 3 is 2.63 bits per heavy atom. The van der Waals surface area contributed by atoms with Crippen molar-refractivity contribution in [3.8, 4) is 5.75 Å². The largest absolute Gasteiger partial charge is 0.507 e. The molecule has 0 radical (unpaired) electrons. The number of carbonyl (C=O) groups excluding carboxylic acids is 1. The molecule has 3 rings (SSSR count). The average Bonchev–Trinajstić information content (AvgIpc) is 2.90. The van der Waals surface area contributed by atoms with Crippen molar-refractivity contribution in [3.05, 3.63) is 48.3 Å². The van der Waals surface area contributed by atoms with Gasteiger partial charge in [-0.3, -0.25) is 10.1 Å². The summed E-state index contributed by atoms with van der Waals surface area (Å²) in [4.78, 5) is 15.8. The van der Waals surface area contributed by atoms with Gasteiger partial charge in [0.15, 0.2) is 0 Å². The van der Waals surface area contributed by atoms with Crippen LogP contribution in [0.25, 0.3) is 10.8 Å². The molecule has 1 heterocycles. The van der Waals surface area contributed by atoms with Crippen molar-refractivity contribution in [2.24, 2.45) is 0 Å². The first-order valence-electron chi connectivity index (χ1n) is 5.62. The summed E-state index contributed by atoms with van der Waals surface area (Å²) in [6, 6.07) is 10.7. The summed E-state index contributed by atoms with van der Waals surface area (Å²) >= 11 is 0. The van der Waals surface area contributed by atoms with Crippen LogP contribution in [0, 0.1) is 0 Å². The van der Waals surface area contributed by atoms with E-state index in [1.54, 1.807) is 12.1 Å². The first-order valence-corrected chi connectivity index (χ1v) is 5.62. The Morgan fingerprint density at radius 2 is 1.95 bits per heavy atom. The van der Waals surface area contributed by atoms with Crippen LogP contribution in [0.5, 0.6) is 5.75 Å². The van der Waals surface area contributed by atoms with Crippen molar-refractivity contribution >= 4 is 22.6 Å². The molecule has 6 nitrogen and oxygen atoms in total. The number of amides is 1. The van der Waals surface area contributed by atoms with Gasteiger partial charge >= 0.3 is 0 Å². The molecule has 2 aromatic carbocycles. The minimum absolute atomic E-state index is 0.0734. The Morgan fingerprint density at radius 1 is 1.21 bits per heavy atom. The zero-order valence-corrected chi connectivity index (χ0v) is 9.79. The fourth-order valence-electron chi connectivity index (χ4n) is 1.85. The highest BCUT2D eigenvalue weighted by Crippen LogP contribution is 2.25. The lowest BCUT2D eigenvalue weighted by Gasteiger charge is -2.06. The number of aromatic amines is 1. The lowest BCUT2D eigenvalue weighted by atomic mass is 10.1. The number of hydrogen-bond acceptors (Lipinski definition) is 4. The summed E-state index contributed by atoms with van der Waals surface area (Å²) in [5, 5.41) is 20.3. The van der Waals surface area contributed by atoms with Crippen LogP contribution in [-0.2, 0) is 0 Å². The van der Waals surface area contributed by atoms with E-state index in [0.29, 0.717) is 0 Å². The zero-order chi connectivity index (χ0) is 13.2. The molecule has 94 valence electrons. The highest BCUT2D eigenvalue weighted by Gasteiger charge is 2.13. The molecule has 0 aliphatic heterocycles. The van der Waals surface area contributed by atoms with E-state index in [1.165, 1.54) is 6.33 Å². The minimum atomic E-state index is -0.444. The Labute approximate surface area is 108 Å². The van der Waals surface area contributed by atoms with Gasteiger partial charge in [0.25, 0.3) is 5.91 Å². The predicted molar refractivity (Wildman–Crippen MR) is 69.9 cm³/mol. The summed E-state index contributed by atoms with van der Waals surface area (Å²) in [5.74, 6) is -0.284. The van der Waals surface area contributed by atoms with Crippen molar-refractivity contribution in [1.29, 1.82) is 0 Å². The quantitative estimate of drug-likeness (QED) is 0.651. The first-order chi connectivity index (χ1) is 9.24. The topological polar surface area (TPSA) is 90.9 Å². The summed E-state index contributed by atoms with van der Waals surface area (Å²) in [5.41, 5.74) is 0.190. The predicted octanol–water partition coefficient (Wildman–Crippen LogP) is 1.92. The standard InChI is InChI=1S/C13H10N4O2/c18-11-6-9-4-2-1-3-8(9)5-10(11)12(19)16-13-14-7-15-17-13/h1-7,18H,(H2,14,15,16,17,19). The maximum absolute atomic E-state index is 12.0. The second-order valence-electron chi connectivity index (χ2n) is 4.00. The van der Waals surface area contributed by atoms with Crippen LogP contribution in [0.2, 0.25) is 0 Å². The Balaban J connectivity index is 1.99. The van der Waals surface area contributed by atoms with Crippen LogP contribution in [0.15, 0.2) is 42.7 Å². The number of anilines is 1. The molecule has 0 spiro atoms. The Hall–Kier alpha value is -2.89. The molecular weight excluding hydrogens is 244 g/mol. The molecule has 0 saturated heterocycles. The van der Waals surface area contributed by atoms with Gasteiger partial charge in [-0.15, -0.1) is 0 Å². The van der Waals surface area contributed by atoms with Crippen molar-refractivity contribution in [2.45, 2.75) is 0 Å². The number of hydrogen-bond donors (Lipinski definition) is 3. The van der Waals surface area contributed by atoms with E-state index in [4.69, 9.17) is 0 Å². The SMILES string of the molecule is O=C(Nc1ncn[nH]1)c1cc2ccccc2cc1O. The number of nitrogens with one attached hydrogen (secondary N) is 2. The average molecular weight is 254 g/mol. The summed E-state index contributed by atoms with van der Waals surface area (Å²) < 4.78 is 0. The van der Waals surface area contributed by atoms with E-state index in [-0.39, 0.29) is 17.3 Å². The lowest BCUT2D eigenvalue weighted by molar-refractivity contribution is 0.102. The van der Waals surface area contributed by atoms with E-state index in [9.17, 15) is 9.90 Å². The van der Waals surface area contributed by atoms with E-state index < -0.39 is 5.91 Å². The number of H-pyrrole nitrogens is 1. The number of carbonyl (C=O) groups is 1. The van der Waals surface area contributed by atoms with Crippen molar-refractivity contribution in [3.63, 3.8) is 0 Å². The molecule has 0 bridgehead atoms. The molecular formula is C13H10N4O2. The number of phenols is 1. The Kier molecular flexibility index (Phi) is 2.60. The van der Waals surface area contributed by atoms with Crippen LogP contribution in [-0.4, -0.2) is 26.2 Å². The number of aromatic nitrogens is 3. The molecule has 0 atom stereocenters. The van der Waals surface area contributed by atoms with Crippen molar-refractivity contribution in [1.82, 2.24) is 15.2 Å². The van der Waals surface area contributed by atoms with Crippen LogP contribution in [0.1, 0.15) is 10.4 Å². The van der Waals surface area contributed by atoms with Gasteiger partial charge < -0.3 is 5.11 Å². The zero-order valence-electron chi connectivity index (χ0n) is 9.79. The number of rotatable bonds is 2. The van der Waals surface area contributed by atoms with Crippen molar-refractivity contribution in [2.75, 3.05) is 5.32 Å². The van der Waals surface area contributed by atoms with Gasteiger partial charge in [-0.05, 0) is 22.9 Å². The number of aromatic hydroxyl groups is 1. The van der Waals surface area contributed by atoms with Gasteiger partial charge in [0.1, 0.15) is 12.1 Å². The van der Waals surface area contributed by atoms with E-state index >= 15 is 0 Å². The van der Waals surface area contributed by atoms with E-state index in [0.717, 1.165) is 10.8 Å². The van der Waals surface area contributed by atoms with Gasteiger partial charge in [0, 0.05) is 0 Å². The summed E-state index contributed by atoms with van der Waals surface area (Å²) in [6.45, 7) is 0. The molecule has 19 heavy (non-hydrogen) atoms. The molecule has 3 aromatic rings. The smallest absolute Gasteiger partial charge is 0.261 e. The lowest BCUT2D eigenvalue weighted by Crippen LogP contribution is -2.13. The Bertz CT molecular complexity index is 737. The van der Waals surface area contributed by atoms with E-state index in [1.807, 2.05) is 24.3 Å². The van der Waals surface area contributed by atoms with Crippen LogP contribution >= 0.6 is 0 Å². The molecule has 6 heteroatoms. The molecule has 0 saturated carbocycles. The van der Waals surface area contributed by atoms with Gasteiger partial charge in [-0.2, -0.15) is 10.1 Å². The number of nitrogens with zero attached hydrogens (tertiary/aromatic N) is 2. The second-order valence-corrected chi connectivity index (χ2v) is 4.00. The fourth-order valence-corrected chi connectivity index (χ4v) is 1.85. The van der Waals surface area contributed by atoms with Crippen LogP contribution < -0.4 is 5.32 Å². The maximum Gasteiger partial charge on any atom is 0.261 e. The molecule has 0 aliphatic carbocycles. The normalized spacial score (nSPS) is 10.5. The third kappa shape index (κ3) is 2.11. The van der Waals surface area contributed by atoms with Crippen LogP contribution in [0.4, 0.5) is 5.95 Å². The first kappa shape index (κ1) is 11.2. The third-order valence-electron chi connectivity index (χ3n) is 2.76. The number of phenolic OH excluding ortho intramolecular Hbond substituents is 1. The van der Waals surface area contributed by atoms with Crippen LogP contribution in [0.3, 0.4) is 0 Å². The number of benzene rings is 2. The highest BCUT2D eigenvalue weighted by molar-refractivity contribution is 6.07. The molecule has 0 aliphatic rings. The summed E-state index contributed by atoms with van der Waals surface area (Å²) in [7, 11) is 0. The number of fused-ring (bicyclic) bond motifs is 1. The summed E-state index contributed by atoms with van der Waals surface area (Å²) in [6.07, 6.45) is 1.29. The monoisotopic (exact) mass is 254 g/mol. The molecule has 0 unspecified atom stereocenters. The molecule has 3 N–H and O–H groups in total. The molecule has 1 aromatic heterocycles. The maximum atomic E-state index is 12.0. The third-order valence-corrected chi connectivity index (χ3v) is 2.76. The van der Waals surface area contributed by atoms with Crippen molar-refractivity contribution < 1.29 is 9.90 Å².